The molecule has 2 aliphatic heterocycles. The molecule has 1 unspecified atom stereocenters. The summed E-state index contributed by atoms with van der Waals surface area (Å²) in [6, 6.07) is 0. The Morgan fingerprint density at radius 2 is 1.60 bits per heavy atom. The van der Waals surface area contributed by atoms with Gasteiger partial charge in [0.05, 0.1) is 19.8 Å². The lowest BCUT2D eigenvalue weighted by atomic mass is 9.65. The summed E-state index contributed by atoms with van der Waals surface area (Å²) in [5, 5.41) is 0. The number of nitrogens with zero attached hydrogens (tertiary/aromatic N) is 2. The molecule has 0 aromatic heterocycles. The van der Waals surface area contributed by atoms with E-state index in [0.29, 0.717) is 26.2 Å². The zero-order chi connectivity index (χ0) is 18.7. The Morgan fingerprint density at radius 3 is 2.20 bits per heavy atom. The minimum atomic E-state index is -0.175. The molecule has 2 rings (SSSR count). The first-order chi connectivity index (χ1) is 11.6. The SMILES string of the molecule is CC(C)(C)C(C)(C)CC1CC(=O)N(CCOCCN2CCCC2)C1=O. The molecule has 2 amide bonds. The minimum absolute atomic E-state index is 0.00883. The van der Waals surface area contributed by atoms with Crippen LogP contribution in [0.2, 0.25) is 0 Å². The van der Waals surface area contributed by atoms with Crippen LogP contribution in [0.4, 0.5) is 0 Å². The number of carbonyl (C=O) groups is 2. The Kier molecular flexibility index (Phi) is 6.66. The van der Waals surface area contributed by atoms with Crippen LogP contribution in [0.25, 0.3) is 0 Å². The van der Waals surface area contributed by atoms with Gasteiger partial charge in [0.2, 0.25) is 11.8 Å². The van der Waals surface area contributed by atoms with Gasteiger partial charge in [-0.2, -0.15) is 0 Å². The van der Waals surface area contributed by atoms with Crippen molar-refractivity contribution < 1.29 is 14.3 Å². The smallest absolute Gasteiger partial charge is 0.232 e. The molecule has 2 saturated heterocycles. The third-order valence-corrected chi connectivity index (χ3v) is 6.33. The summed E-state index contributed by atoms with van der Waals surface area (Å²) in [5.74, 6) is -0.223. The lowest BCUT2D eigenvalue weighted by Gasteiger charge is -2.40. The molecule has 0 N–H and O–H groups in total. The van der Waals surface area contributed by atoms with Crippen LogP contribution in [0.3, 0.4) is 0 Å². The maximum Gasteiger partial charge on any atom is 0.232 e. The number of hydrogen-bond acceptors (Lipinski definition) is 4. The molecule has 144 valence electrons. The average molecular weight is 353 g/mol. The summed E-state index contributed by atoms with van der Waals surface area (Å²) in [6.07, 6.45) is 3.67. The molecular weight excluding hydrogens is 316 g/mol. The molecule has 2 aliphatic rings. The predicted molar refractivity (Wildman–Crippen MR) is 99.2 cm³/mol. The Hall–Kier alpha value is -0.940. The highest BCUT2D eigenvalue weighted by Crippen LogP contribution is 2.44. The number of imide groups is 1. The van der Waals surface area contributed by atoms with Gasteiger partial charge in [-0.1, -0.05) is 34.6 Å². The van der Waals surface area contributed by atoms with Gasteiger partial charge >= 0.3 is 0 Å². The second-order valence-corrected chi connectivity index (χ2v) is 9.28. The normalized spacial score (nSPS) is 23.1. The maximum atomic E-state index is 12.6. The van der Waals surface area contributed by atoms with E-state index < -0.39 is 0 Å². The van der Waals surface area contributed by atoms with Crippen LogP contribution in [0, 0.1) is 16.7 Å². The topological polar surface area (TPSA) is 49.9 Å². The van der Waals surface area contributed by atoms with E-state index in [2.05, 4.69) is 39.5 Å². The van der Waals surface area contributed by atoms with Gasteiger partial charge in [-0.15, -0.1) is 0 Å². The first-order valence-corrected chi connectivity index (χ1v) is 9.76. The summed E-state index contributed by atoms with van der Waals surface area (Å²) < 4.78 is 5.66. The Morgan fingerprint density at radius 1 is 1.00 bits per heavy atom. The minimum Gasteiger partial charge on any atom is -0.378 e. The largest absolute Gasteiger partial charge is 0.378 e. The average Bonchev–Trinajstić information content (AvgIpc) is 3.09. The number of rotatable bonds is 8. The van der Waals surface area contributed by atoms with Crippen LogP contribution in [0.5, 0.6) is 0 Å². The van der Waals surface area contributed by atoms with Crippen molar-refractivity contribution in [1.82, 2.24) is 9.80 Å². The van der Waals surface area contributed by atoms with E-state index in [-0.39, 0.29) is 28.6 Å². The molecule has 2 fully saturated rings. The molecule has 0 aromatic rings. The first kappa shape index (κ1) is 20.4. The zero-order valence-electron chi connectivity index (χ0n) is 16.8. The van der Waals surface area contributed by atoms with Gasteiger partial charge in [0.1, 0.15) is 0 Å². The van der Waals surface area contributed by atoms with Crippen LogP contribution < -0.4 is 0 Å². The highest BCUT2D eigenvalue weighted by molar-refractivity contribution is 6.03. The lowest BCUT2D eigenvalue weighted by Crippen LogP contribution is -2.37. The van der Waals surface area contributed by atoms with Crippen molar-refractivity contribution in [3.63, 3.8) is 0 Å². The molecule has 25 heavy (non-hydrogen) atoms. The molecular formula is C20H36N2O3. The van der Waals surface area contributed by atoms with Crippen LogP contribution in [0.1, 0.15) is 60.3 Å². The molecule has 0 radical (unpaired) electrons. The van der Waals surface area contributed by atoms with Gasteiger partial charge in [0, 0.05) is 18.9 Å². The van der Waals surface area contributed by atoms with Crippen molar-refractivity contribution in [3.05, 3.63) is 0 Å². The molecule has 1 atom stereocenters. The number of hydrogen-bond donors (Lipinski definition) is 0. The molecule has 0 aromatic carbocycles. The highest BCUT2D eigenvalue weighted by atomic mass is 16.5. The Balaban J connectivity index is 1.74. The van der Waals surface area contributed by atoms with Crippen molar-refractivity contribution in [2.24, 2.45) is 16.7 Å². The molecule has 0 bridgehead atoms. The second kappa shape index (κ2) is 8.17. The highest BCUT2D eigenvalue weighted by Gasteiger charge is 2.43. The molecule has 0 spiro atoms. The van der Waals surface area contributed by atoms with E-state index in [4.69, 9.17) is 4.74 Å². The van der Waals surface area contributed by atoms with Crippen LogP contribution in [0.15, 0.2) is 0 Å². The summed E-state index contributed by atoms with van der Waals surface area (Å²) >= 11 is 0. The van der Waals surface area contributed by atoms with Crippen LogP contribution >= 0.6 is 0 Å². The maximum absolute atomic E-state index is 12.6. The number of amides is 2. The standard InChI is InChI=1S/C20H36N2O3/c1-19(2,3)20(4,5)15-16-14-17(23)22(18(16)24)11-13-25-12-10-21-8-6-7-9-21/h16H,6-15H2,1-5H3. The Bertz CT molecular complexity index is 476. The van der Waals surface area contributed by atoms with E-state index >= 15 is 0 Å². The Labute approximate surface area is 153 Å². The van der Waals surface area contributed by atoms with Crippen molar-refractivity contribution >= 4 is 11.8 Å². The number of carbonyl (C=O) groups excluding carboxylic acids is 2. The predicted octanol–water partition coefficient (Wildman–Crippen LogP) is 2.94. The summed E-state index contributed by atoms with van der Waals surface area (Å²) in [4.78, 5) is 28.7. The van der Waals surface area contributed by atoms with Crippen LogP contribution in [-0.2, 0) is 14.3 Å². The van der Waals surface area contributed by atoms with Crippen molar-refractivity contribution in [1.29, 1.82) is 0 Å². The summed E-state index contributed by atoms with van der Waals surface area (Å²) in [7, 11) is 0. The van der Waals surface area contributed by atoms with Gasteiger partial charge in [-0.3, -0.25) is 14.5 Å². The third-order valence-electron chi connectivity index (χ3n) is 6.33. The fraction of sp³-hybridized carbons (Fsp3) is 0.900. The fourth-order valence-corrected chi connectivity index (χ4v) is 3.53. The fourth-order valence-electron chi connectivity index (χ4n) is 3.53. The van der Waals surface area contributed by atoms with Gasteiger partial charge in [0.15, 0.2) is 0 Å². The van der Waals surface area contributed by atoms with E-state index in [1.165, 1.54) is 17.7 Å². The molecule has 0 aliphatic carbocycles. The quantitative estimate of drug-likeness (QED) is 0.498. The summed E-state index contributed by atoms with van der Waals surface area (Å²) in [6.45, 7) is 15.8. The molecule has 5 heteroatoms. The first-order valence-electron chi connectivity index (χ1n) is 9.76. The third kappa shape index (κ3) is 5.27. The van der Waals surface area contributed by atoms with Crippen molar-refractivity contribution in [3.8, 4) is 0 Å². The van der Waals surface area contributed by atoms with E-state index in [1.54, 1.807) is 0 Å². The van der Waals surface area contributed by atoms with Gasteiger partial charge < -0.3 is 9.64 Å². The molecule has 2 heterocycles. The van der Waals surface area contributed by atoms with Crippen molar-refractivity contribution in [2.75, 3.05) is 39.4 Å². The number of ether oxygens (including phenoxy) is 1. The number of likely N-dealkylation sites (tertiary alicyclic amines) is 2. The molecule has 5 nitrogen and oxygen atoms in total. The summed E-state index contributed by atoms with van der Waals surface area (Å²) in [5.41, 5.74) is 0.109. The van der Waals surface area contributed by atoms with Crippen molar-refractivity contribution in [2.45, 2.75) is 60.3 Å². The van der Waals surface area contributed by atoms with Gasteiger partial charge in [-0.05, 0) is 43.2 Å². The monoisotopic (exact) mass is 352 g/mol. The van der Waals surface area contributed by atoms with E-state index in [9.17, 15) is 9.59 Å². The second-order valence-electron chi connectivity index (χ2n) is 9.28. The van der Waals surface area contributed by atoms with Gasteiger partial charge in [0.25, 0.3) is 0 Å². The van der Waals surface area contributed by atoms with Gasteiger partial charge in [-0.25, -0.2) is 0 Å². The lowest BCUT2D eigenvalue weighted by molar-refractivity contribution is -0.140. The molecule has 0 saturated carbocycles. The van der Waals surface area contributed by atoms with E-state index in [0.717, 1.165) is 26.1 Å². The van der Waals surface area contributed by atoms with E-state index in [1.807, 2.05) is 0 Å². The van der Waals surface area contributed by atoms with Crippen LogP contribution in [-0.4, -0.2) is 61.0 Å². The zero-order valence-corrected chi connectivity index (χ0v) is 16.8.